The van der Waals surface area contributed by atoms with Gasteiger partial charge >= 0.3 is 5.97 Å². The van der Waals surface area contributed by atoms with Crippen LogP contribution in [-0.2, 0) is 9.53 Å². The van der Waals surface area contributed by atoms with Crippen molar-refractivity contribution in [3.63, 3.8) is 0 Å². The molecule has 1 heterocycles. The summed E-state index contributed by atoms with van der Waals surface area (Å²) in [5.74, 6) is -1.84. The summed E-state index contributed by atoms with van der Waals surface area (Å²) in [5.41, 5.74) is 0.557. The second-order valence-corrected chi connectivity index (χ2v) is 8.16. The minimum atomic E-state index is -1.43. The van der Waals surface area contributed by atoms with E-state index < -0.39 is 11.8 Å². The van der Waals surface area contributed by atoms with Gasteiger partial charge in [-0.05, 0) is 51.0 Å². The van der Waals surface area contributed by atoms with Crippen LogP contribution in [0.3, 0.4) is 0 Å². The minimum Gasteiger partial charge on any atom is -0.426 e. The van der Waals surface area contributed by atoms with Crippen molar-refractivity contribution in [2.45, 2.75) is 103 Å². The minimum absolute atomic E-state index is 0.410. The summed E-state index contributed by atoms with van der Waals surface area (Å²) in [6.07, 6.45) is 34.1. The van der Waals surface area contributed by atoms with Crippen molar-refractivity contribution in [1.29, 1.82) is 0 Å². The summed E-state index contributed by atoms with van der Waals surface area (Å²) in [4.78, 5) is 11.5. The van der Waals surface area contributed by atoms with Crippen LogP contribution in [0, 0.1) is 0 Å². The van der Waals surface area contributed by atoms with Crippen molar-refractivity contribution in [2.75, 3.05) is 0 Å². The first-order chi connectivity index (χ1) is 14.5. The van der Waals surface area contributed by atoms with Crippen LogP contribution in [0.2, 0.25) is 0 Å². The molecule has 0 saturated carbocycles. The molecule has 1 atom stereocenters. The van der Waals surface area contributed by atoms with Crippen LogP contribution in [0.4, 0.5) is 0 Å². The molecular formula is C27H42O3. The molecule has 0 bridgehead atoms. The molecule has 0 aromatic rings. The summed E-state index contributed by atoms with van der Waals surface area (Å²) in [6, 6.07) is 0. The number of aliphatic hydroxyl groups is 1. The van der Waals surface area contributed by atoms with Crippen molar-refractivity contribution >= 4 is 5.97 Å². The van der Waals surface area contributed by atoms with Gasteiger partial charge in [0, 0.05) is 12.5 Å². The van der Waals surface area contributed by atoms with Crippen LogP contribution >= 0.6 is 0 Å². The van der Waals surface area contributed by atoms with Gasteiger partial charge in [-0.3, -0.25) is 0 Å². The van der Waals surface area contributed by atoms with Gasteiger partial charge in [0.1, 0.15) is 0 Å². The van der Waals surface area contributed by atoms with Crippen LogP contribution in [0.1, 0.15) is 97.3 Å². The molecule has 3 nitrogen and oxygen atoms in total. The highest BCUT2D eigenvalue weighted by atomic mass is 16.7. The van der Waals surface area contributed by atoms with E-state index in [2.05, 4.69) is 55.5 Å². The lowest BCUT2D eigenvalue weighted by Gasteiger charge is -2.11. The zero-order valence-electron chi connectivity index (χ0n) is 19.2. The second kappa shape index (κ2) is 16.9. The van der Waals surface area contributed by atoms with Crippen LogP contribution in [0.25, 0.3) is 0 Å². The van der Waals surface area contributed by atoms with Gasteiger partial charge in [-0.15, -0.1) is 0 Å². The van der Waals surface area contributed by atoms with Crippen LogP contribution < -0.4 is 0 Å². The van der Waals surface area contributed by atoms with Gasteiger partial charge in [0.25, 0.3) is 0 Å². The Morgan fingerprint density at radius 3 is 1.83 bits per heavy atom. The molecule has 0 unspecified atom stereocenters. The van der Waals surface area contributed by atoms with E-state index in [1.165, 1.54) is 64.4 Å². The highest BCUT2D eigenvalue weighted by Crippen LogP contribution is 2.24. The van der Waals surface area contributed by atoms with Gasteiger partial charge in [-0.2, -0.15) is 0 Å². The van der Waals surface area contributed by atoms with Gasteiger partial charge in [-0.1, -0.05) is 94.1 Å². The summed E-state index contributed by atoms with van der Waals surface area (Å²) in [5, 5.41) is 9.64. The molecule has 0 fully saturated rings. The third kappa shape index (κ3) is 14.2. The Kier molecular flexibility index (Phi) is 14.7. The predicted octanol–water partition coefficient (Wildman–Crippen LogP) is 7.49. The molecule has 0 aromatic carbocycles. The maximum absolute atomic E-state index is 11.5. The number of unbranched alkanes of at least 4 members (excludes halogenated alkanes) is 7. The maximum atomic E-state index is 11.5. The van der Waals surface area contributed by atoms with E-state index in [1.807, 2.05) is 0 Å². The van der Waals surface area contributed by atoms with E-state index in [-0.39, 0.29) is 0 Å². The average molecular weight is 415 g/mol. The Labute approximate surface area is 184 Å². The van der Waals surface area contributed by atoms with Crippen molar-refractivity contribution in [3.05, 3.63) is 60.3 Å². The Hall–Kier alpha value is -1.87. The van der Waals surface area contributed by atoms with Crippen LogP contribution in [0.5, 0.6) is 0 Å². The normalized spacial score (nSPS) is 19.7. The molecule has 0 spiro atoms. The topological polar surface area (TPSA) is 46.5 Å². The molecule has 1 rings (SSSR count). The molecule has 30 heavy (non-hydrogen) atoms. The van der Waals surface area contributed by atoms with Gasteiger partial charge in [-0.25, -0.2) is 4.79 Å². The van der Waals surface area contributed by atoms with Crippen LogP contribution in [-0.4, -0.2) is 16.9 Å². The fourth-order valence-electron chi connectivity index (χ4n) is 3.35. The fourth-order valence-corrected chi connectivity index (χ4v) is 3.35. The predicted molar refractivity (Wildman–Crippen MR) is 127 cm³/mol. The number of allylic oxidation sites excluding steroid dienone is 8. The van der Waals surface area contributed by atoms with Gasteiger partial charge in [0.05, 0.1) is 0 Å². The molecule has 0 aromatic heterocycles. The van der Waals surface area contributed by atoms with Gasteiger partial charge in [0.2, 0.25) is 5.79 Å². The molecule has 168 valence electrons. The number of ether oxygens (including phenoxy) is 1. The molecule has 1 aliphatic heterocycles. The summed E-state index contributed by atoms with van der Waals surface area (Å²) in [7, 11) is 0. The zero-order chi connectivity index (χ0) is 21.9. The average Bonchev–Trinajstić information content (AvgIpc) is 2.97. The molecule has 3 heteroatoms. The first-order valence-electron chi connectivity index (χ1n) is 11.8. The highest BCUT2D eigenvalue weighted by molar-refractivity contribution is 5.91. The highest BCUT2D eigenvalue weighted by Gasteiger charge is 2.32. The molecule has 0 amide bonds. The quantitative estimate of drug-likeness (QED) is 0.152. The summed E-state index contributed by atoms with van der Waals surface area (Å²) in [6.45, 7) is 3.74. The Morgan fingerprint density at radius 1 is 0.800 bits per heavy atom. The lowest BCUT2D eigenvalue weighted by atomic mass is 10.1. The first-order valence-corrected chi connectivity index (χ1v) is 11.8. The first kappa shape index (κ1) is 26.2. The number of carbonyl (C=O) groups excluding carboxylic acids is 1. The third-order valence-corrected chi connectivity index (χ3v) is 5.04. The lowest BCUT2D eigenvalue weighted by molar-refractivity contribution is -0.172. The van der Waals surface area contributed by atoms with Gasteiger partial charge in [0.15, 0.2) is 0 Å². The maximum Gasteiger partial charge on any atom is 0.336 e. The second-order valence-electron chi connectivity index (χ2n) is 8.16. The number of cyclic esters (lactones) is 1. The molecule has 1 N–H and O–H groups in total. The molecule has 1 aliphatic rings. The van der Waals surface area contributed by atoms with E-state index in [0.717, 1.165) is 25.7 Å². The largest absolute Gasteiger partial charge is 0.426 e. The third-order valence-electron chi connectivity index (χ3n) is 5.04. The van der Waals surface area contributed by atoms with Crippen molar-refractivity contribution in [3.8, 4) is 0 Å². The lowest BCUT2D eigenvalue weighted by Crippen LogP contribution is -2.22. The monoisotopic (exact) mass is 414 g/mol. The molecule has 0 saturated heterocycles. The van der Waals surface area contributed by atoms with E-state index >= 15 is 0 Å². The number of rotatable bonds is 17. The Bertz CT molecular complexity index is 606. The van der Waals surface area contributed by atoms with E-state index in [9.17, 15) is 9.90 Å². The van der Waals surface area contributed by atoms with E-state index in [1.54, 1.807) is 0 Å². The zero-order valence-corrected chi connectivity index (χ0v) is 19.2. The van der Waals surface area contributed by atoms with E-state index in [4.69, 9.17) is 4.74 Å². The standard InChI is InChI=1S/C27H42O3/c1-3-4-5-6-7-8-9-10-11-12-13-14-15-16-17-18-19-20-21-22-23-25-24-27(2,29)30-26(25)28/h11-12,14-15,17-18,20-21,24,29H,3-10,13,16,19,22-23H2,1-2H3/b12-11-,15-14-,18-17-,21-20-/t27-/m1/s1. The molecule has 0 aliphatic carbocycles. The molecule has 0 radical (unpaired) electrons. The SMILES string of the molecule is CCCCCCCCC/C=C\C/C=C\C/C=C\C/C=C\CCC1=C[C@](C)(O)OC1=O. The smallest absolute Gasteiger partial charge is 0.336 e. The number of hydrogen-bond donors (Lipinski definition) is 1. The summed E-state index contributed by atoms with van der Waals surface area (Å²) >= 11 is 0. The van der Waals surface area contributed by atoms with Crippen molar-refractivity contribution in [1.82, 2.24) is 0 Å². The van der Waals surface area contributed by atoms with Crippen molar-refractivity contribution < 1.29 is 14.6 Å². The Balaban J connectivity index is 1.94. The van der Waals surface area contributed by atoms with Crippen LogP contribution in [0.15, 0.2) is 60.3 Å². The van der Waals surface area contributed by atoms with Crippen molar-refractivity contribution in [2.24, 2.45) is 0 Å². The molecular weight excluding hydrogens is 372 g/mol. The number of hydrogen-bond acceptors (Lipinski definition) is 3. The van der Waals surface area contributed by atoms with Gasteiger partial charge < -0.3 is 9.84 Å². The number of esters is 1. The number of carbonyl (C=O) groups is 1. The fraction of sp³-hybridized carbons (Fsp3) is 0.593. The van der Waals surface area contributed by atoms with E-state index in [0.29, 0.717) is 12.0 Å². The summed E-state index contributed by atoms with van der Waals surface area (Å²) < 4.78 is 4.83. The Morgan fingerprint density at radius 2 is 1.30 bits per heavy atom.